The Morgan fingerprint density at radius 2 is 2.00 bits per heavy atom. The maximum Gasteiger partial charge on any atom is 0.147 e. The second-order valence-electron chi connectivity index (χ2n) is 4.44. The Balaban J connectivity index is 2.03. The van der Waals surface area contributed by atoms with Crippen LogP contribution in [0.4, 0.5) is 0 Å². The van der Waals surface area contributed by atoms with E-state index in [1.807, 2.05) is 19.1 Å². The first kappa shape index (κ1) is 15.6. The normalized spacial score (nSPS) is 12.4. The highest BCUT2D eigenvalue weighted by molar-refractivity contribution is 9.11. The average molecular weight is 403 g/mol. The van der Waals surface area contributed by atoms with Crippen LogP contribution >= 0.6 is 31.9 Å². The van der Waals surface area contributed by atoms with Gasteiger partial charge in [-0.25, -0.2) is 0 Å². The Morgan fingerprint density at radius 3 is 2.55 bits per heavy atom. The van der Waals surface area contributed by atoms with Crippen molar-refractivity contribution in [2.24, 2.45) is 0 Å². The number of hydrogen-bond donors (Lipinski definition) is 1. The van der Waals surface area contributed by atoms with Gasteiger partial charge in [-0.2, -0.15) is 0 Å². The highest BCUT2D eigenvalue weighted by Crippen LogP contribution is 2.34. The molecular formula is C15H17Br2NO2. The summed E-state index contributed by atoms with van der Waals surface area (Å²) in [6.07, 6.45) is 1.69. The topological polar surface area (TPSA) is 34.4 Å². The van der Waals surface area contributed by atoms with E-state index >= 15 is 0 Å². The standard InChI is InChI=1S/C15H17Br2NO2/c1-3-19-15-12(16)7-11(8-13(15)17)9-18-10(2)14-5-4-6-20-14/h4-8,10,18H,3,9H2,1-2H3. The third-order valence-corrected chi connectivity index (χ3v) is 4.11. The summed E-state index contributed by atoms with van der Waals surface area (Å²) in [5, 5.41) is 3.43. The van der Waals surface area contributed by atoms with E-state index in [2.05, 4.69) is 56.2 Å². The number of benzene rings is 1. The van der Waals surface area contributed by atoms with Crippen LogP contribution in [-0.4, -0.2) is 6.61 Å². The molecule has 0 aliphatic carbocycles. The third kappa shape index (κ3) is 3.87. The molecule has 1 aromatic carbocycles. The summed E-state index contributed by atoms with van der Waals surface area (Å²) in [6.45, 7) is 5.45. The third-order valence-electron chi connectivity index (χ3n) is 2.93. The first-order valence-corrected chi connectivity index (χ1v) is 8.08. The molecule has 2 aromatic rings. The van der Waals surface area contributed by atoms with Crippen molar-refractivity contribution in [2.45, 2.75) is 26.4 Å². The van der Waals surface area contributed by atoms with Crippen molar-refractivity contribution in [3.05, 3.63) is 50.8 Å². The smallest absolute Gasteiger partial charge is 0.147 e. The summed E-state index contributed by atoms with van der Waals surface area (Å²) < 4.78 is 12.9. The molecule has 1 aromatic heterocycles. The lowest BCUT2D eigenvalue weighted by Gasteiger charge is -2.14. The Labute approximate surface area is 136 Å². The molecule has 0 amide bonds. The molecule has 5 heteroatoms. The molecule has 2 rings (SSSR count). The fourth-order valence-electron chi connectivity index (χ4n) is 1.91. The van der Waals surface area contributed by atoms with Gasteiger partial charge in [-0.05, 0) is 75.5 Å². The number of halogens is 2. The zero-order valence-electron chi connectivity index (χ0n) is 11.5. The van der Waals surface area contributed by atoms with Crippen molar-refractivity contribution in [3.63, 3.8) is 0 Å². The summed E-state index contributed by atoms with van der Waals surface area (Å²) >= 11 is 7.09. The molecule has 0 bridgehead atoms. The maximum absolute atomic E-state index is 5.58. The fourth-order valence-corrected chi connectivity index (χ4v) is 3.42. The molecule has 0 radical (unpaired) electrons. The number of rotatable bonds is 6. The van der Waals surface area contributed by atoms with E-state index in [1.165, 1.54) is 5.56 Å². The number of nitrogens with one attached hydrogen (secondary N) is 1. The highest BCUT2D eigenvalue weighted by atomic mass is 79.9. The lowest BCUT2D eigenvalue weighted by atomic mass is 10.2. The van der Waals surface area contributed by atoms with Crippen LogP contribution < -0.4 is 10.1 Å². The average Bonchev–Trinajstić information content (AvgIpc) is 2.94. The van der Waals surface area contributed by atoms with Crippen LogP contribution in [0.15, 0.2) is 43.9 Å². The molecule has 1 heterocycles. The molecule has 0 saturated carbocycles. The molecular weight excluding hydrogens is 386 g/mol. The molecule has 1 unspecified atom stereocenters. The van der Waals surface area contributed by atoms with Crippen LogP contribution in [0.2, 0.25) is 0 Å². The number of hydrogen-bond acceptors (Lipinski definition) is 3. The van der Waals surface area contributed by atoms with E-state index in [0.29, 0.717) is 6.61 Å². The van der Waals surface area contributed by atoms with Crippen LogP contribution in [-0.2, 0) is 6.54 Å². The van der Waals surface area contributed by atoms with Crippen molar-refractivity contribution in [3.8, 4) is 5.75 Å². The zero-order valence-corrected chi connectivity index (χ0v) is 14.6. The van der Waals surface area contributed by atoms with Gasteiger partial charge < -0.3 is 14.5 Å². The first-order valence-electron chi connectivity index (χ1n) is 6.49. The number of ether oxygens (including phenoxy) is 1. The molecule has 108 valence electrons. The fraction of sp³-hybridized carbons (Fsp3) is 0.333. The molecule has 0 saturated heterocycles. The van der Waals surface area contributed by atoms with Gasteiger partial charge in [-0.15, -0.1) is 0 Å². The van der Waals surface area contributed by atoms with Gasteiger partial charge in [-0.1, -0.05) is 0 Å². The van der Waals surface area contributed by atoms with Gasteiger partial charge in [-0.3, -0.25) is 0 Å². The largest absolute Gasteiger partial charge is 0.492 e. The maximum atomic E-state index is 5.58. The second kappa shape index (κ2) is 7.29. The van der Waals surface area contributed by atoms with E-state index in [0.717, 1.165) is 27.0 Å². The first-order chi connectivity index (χ1) is 9.61. The summed E-state index contributed by atoms with van der Waals surface area (Å²) in [4.78, 5) is 0. The van der Waals surface area contributed by atoms with Crippen LogP contribution in [0, 0.1) is 0 Å². The van der Waals surface area contributed by atoms with Gasteiger partial charge in [0.1, 0.15) is 11.5 Å². The van der Waals surface area contributed by atoms with E-state index < -0.39 is 0 Å². The molecule has 20 heavy (non-hydrogen) atoms. The Hall–Kier alpha value is -0.780. The Bertz CT molecular complexity index is 532. The Kier molecular flexibility index (Phi) is 5.69. The van der Waals surface area contributed by atoms with Gasteiger partial charge >= 0.3 is 0 Å². The van der Waals surface area contributed by atoms with Crippen LogP contribution in [0.1, 0.15) is 31.2 Å². The van der Waals surface area contributed by atoms with Crippen molar-refractivity contribution in [1.82, 2.24) is 5.32 Å². The summed E-state index contributed by atoms with van der Waals surface area (Å²) in [7, 11) is 0. The van der Waals surface area contributed by atoms with Crippen molar-refractivity contribution in [2.75, 3.05) is 6.61 Å². The van der Waals surface area contributed by atoms with Gasteiger partial charge in [0.25, 0.3) is 0 Å². The van der Waals surface area contributed by atoms with E-state index in [-0.39, 0.29) is 6.04 Å². The van der Waals surface area contributed by atoms with Gasteiger partial charge in [0.05, 0.1) is 27.9 Å². The quantitative estimate of drug-likeness (QED) is 0.733. The lowest BCUT2D eigenvalue weighted by molar-refractivity contribution is 0.335. The molecule has 0 aliphatic heterocycles. The molecule has 3 nitrogen and oxygen atoms in total. The van der Waals surface area contributed by atoms with Crippen LogP contribution in [0.25, 0.3) is 0 Å². The predicted molar refractivity (Wildman–Crippen MR) is 87.0 cm³/mol. The van der Waals surface area contributed by atoms with Crippen molar-refractivity contribution < 1.29 is 9.15 Å². The Morgan fingerprint density at radius 1 is 1.30 bits per heavy atom. The summed E-state index contributed by atoms with van der Waals surface area (Å²) in [5.41, 5.74) is 1.17. The SMILES string of the molecule is CCOc1c(Br)cc(CNC(C)c2ccco2)cc1Br. The molecule has 1 atom stereocenters. The minimum Gasteiger partial charge on any atom is -0.492 e. The predicted octanol–water partition coefficient (Wildman–Crippen LogP) is 5.05. The lowest BCUT2D eigenvalue weighted by Crippen LogP contribution is -2.17. The van der Waals surface area contributed by atoms with E-state index in [9.17, 15) is 0 Å². The second-order valence-corrected chi connectivity index (χ2v) is 6.15. The van der Waals surface area contributed by atoms with Crippen molar-refractivity contribution in [1.29, 1.82) is 0 Å². The summed E-state index contributed by atoms with van der Waals surface area (Å²) in [6, 6.07) is 8.18. The van der Waals surface area contributed by atoms with Gasteiger partial charge in [0.15, 0.2) is 0 Å². The number of furan rings is 1. The molecule has 0 spiro atoms. The molecule has 1 N–H and O–H groups in total. The van der Waals surface area contributed by atoms with E-state index in [1.54, 1.807) is 6.26 Å². The minimum atomic E-state index is 0.175. The molecule has 0 fully saturated rings. The monoisotopic (exact) mass is 401 g/mol. The zero-order chi connectivity index (χ0) is 14.5. The van der Waals surface area contributed by atoms with Crippen LogP contribution in [0.3, 0.4) is 0 Å². The van der Waals surface area contributed by atoms with E-state index in [4.69, 9.17) is 9.15 Å². The summed E-state index contributed by atoms with van der Waals surface area (Å²) in [5.74, 6) is 1.78. The highest BCUT2D eigenvalue weighted by Gasteiger charge is 2.11. The molecule has 0 aliphatic rings. The van der Waals surface area contributed by atoms with Gasteiger partial charge in [0.2, 0.25) is 0 Å². The van der Waals surface area contributed by atoms with Gasteiger partial charge in [0, 0.05) is 6.54 Å². The van der Waals surface area contributed by atoms with Crippen molar-refractivity contribution >= 4 is 31.9 Å². The minimum absolute atomic E-state index is 0.175. The van der Waals surface area contributed by atoms with Crippen LogP contribution in [0.5, 0.6) is 5.75 Å².